The van der Waals surface area contributed by atoms with E-state index in [2.05, 4.69) is 63.3 Å². The lowest BCUT2D eigenvalue weighted by Crippen LogP contribution is -2.41. The van der Waals surface area contributed by atoms with Crippen molar-refractivity contribution in [2.24, 2.45) is 0 Å². The van der Waals surface area contributed by atoms with E-state index in [0.29, 0.717) is 11.9 Å². The first-order valence-corrected chi connectivity index (χ1v) is 7.55. The van der Waals surface area contributed by atoms with Crippen molar-refractivity contribution in [3.05, 3.63) is 35.9 Å². The van der Waals surface area contributed by atoms with E-state index in [1.165, 1.54) is 5.56 Å². The number of nitrogens with one attached hydrogen (secondary N) is 1. The zero-order valence-corrected chi connectivity index (χ0v) is 14.1. The standard InChI is InChI=1S/C16H24BNO2.ClH/c1-15(2)16(3,4)20-17(19-15)13-10-11-18-14(13)12-8-6-5-7-9-12;/h5-9,13-14,18H,10-11H2,1-4H3;1H/t13-,14-;/m1./s1. The van der Waals surface area contributed by atoms with Gasteiger partial charge in [0.25, 0.3) is 0 Å². The Morgan fingerprint density at radius 2 is 1.62 bits per heavy atom. The predicted molar refractivity (Wildman–Crippen MR) is 88.9 cm³/mol. The van der Waals surface area contributed by atoms with E-state index in [1.807, 2.05) is 0 Å². The summed E-state index contributed by atoms with van der Waals surface area (Å²) in [5, 5.41) is 3.59. The second kappa shape index (κ2) is 5.92. The van der Waals surface area contributed by atoms with Gasteiger partial charge in [-0.15, -0.1) is 12.4 Å². The molecule has 3 nitrogen and oxygen atoms in total. The fourth-order valence-electron chi connectivity index (χ4n) is 3.11. The summed E-state index contributed by atoms with van der Waals surface area (Å²) in [6, 6.07) is 10.9. The lowest BCUT2D eigenvalue weighted by atomic mass is 9.66. The van der Waals surface area contributed by atoms with Crippen LogP contribution in [0.1, 0.15) is 45.7 Å². The monoisotopic (exact) mass is 309 g/mol. The molecule has 0 spiro atoms. The van der Waals surface area contributed by atoms with E-state index < -0.39 is 0 Å². The minimum absolute atomic E-state index is 0. The number of hydrogen-bond donors (Lipinski definition) is 1. The Bertz CT molecular complexity index is 464. The summed E-state index contributed by atoms with van der Waals surface area (Å²) in [5.41, 5.74) is 0.827. The molecule has 2 aliphatic rings. The first kappa shape index (κ1) is 16.8. The SMILES string of the molecule is CC1(C)OB([C@@H]2CCN[C@@H]2c2ccccc2)OC1(C)C.Cl. The molecule has 1 N–H and O–H groups in total. The van der Waals surface area contributed by atoms with E-state index in [4.69, 9.17) is 9.31 Å². The van der Waals surface area contributed by atoms with Crippen LogP contribution in [0.5, 0.6) is 0 Å². The lowest BCUT2D eigenvalue weighted by Gasteiger charge is -2.32. The molecular weight excluding hydrogens is 284 g/mol. The van der Waals surface area contributed by atoms with Crippen LogP contribution in [-0.2, 0) is 9.31 Å². The molecule has 0 aromatic heterocycles. The van der Waals surface area contributed by atoms with Crippen molar-refractivity contribution >= 4 is 19.5 Å². The third-order valence-corrected chi connectivity index (χ3v) is 5.05. The van der Waals surface area contributed by atoms with Gasteiger partial charge in [0.15, 0.2) is 0 Å². The predicted octanol–water partition coefficient (Wildman–Crippen LogP) is 3.61. The van der Waals surface area contributed by atoms with Crippen LogP contribution in [0.3, 0.4) is 0 Å². The topological polar surface area (TPSA) is 30.5 Å². The summed E-state index contributed by atoms with van der Waals surface area (Å²) in [6.45, 7) is 9.49. The van der Waals surface area contributed by atoms with Crippen LogP contribution in [0.2, 0.25) is 5.82 Å². The molecule has 116 valence electrons. The molecule has 0 aliphatic carbocycles. The molecule has 1 aromatic rings. The van der Waals surface area contributed by atoms with Gasteiger partial charge in [0.05, 0.1) is 11.2 Å². The van der Waals surface area contributed by atoms with Crippen molar-refractivity contribution < 1.29 is 9.31 Å². The summed E-state index contributed by atoms with van der Waals surface area (Å²) in [5.74, 6) is 0.374. The summed E-state index contributed by atoms with van der Waals surface area (Å²) >= 11 is 0. The number of benzene rings is 1. The fraction of sp³-hybridized carbons (Fsp3) is 0.625. The van der Waals surface area contributed by atoms with Crippen LogP contribution in [-0.4, -0.2) is 24.9 Å². The number of hydrogen-bond acceptors (Lipinski definition) is 3. The molecule has 2 fully saturated rings. The molecule has 0 amide bonds. The highest BCUT2D eigenvalue weighted by atomic mass is 35.5. The van der Waals surface area contributed by atoms with E-state index in [0.717, 1.165) is 13.0 Å². The molecule has 5 heteroatoms. The summed E-state index contributed by atoms with van der Waals surface area (Å²) in [6.07, 6.45) is 1.09. The van der Waals surface area contributed by atoms with E-state index in [1.54, 1.807) is 0 Å². The molecule has 0 saturated carbocycles. The van der Waals surface area contributed by atoms with Gasteiger partial charge >= 0.3 is 7.12 Å². The largest absolute Gasteiger partial charge is 0.463 e. The molecule has 21 heavy (non-hydrogen) atoms. The van der Waals surface area contributed by atoms with Gasteiger partial charge < -0.3 is 14.6 Å². The quantitative estimate of drug-likeness (QED) is 0.847. The molecule has 2 heterocycles. The zero-order valence-electron chi connectivity index (χ0n) is 13.3. The Kier molecular flexibility index (Phi) is 4.74. The van der Waals surface area contributed by atoms with Crippen molar-refractivity contribution in [2.45, 2.75) is 57.2 Å². The molecule has 0 bridgehead atoms. The Hall–Kier alpha value is -0.545. The van der Waals surface area contributed by atoms with Crippen LogP contribution < -0.4 is 5.32 Å². The second-order valence-electron chi connectivity index (χ2n) is 6.92. The maximum absolute atomic E-state index is 6.24. The zero-order chi connectivity index (χ0) is 14.4. The molecule has 2 atom stereocenters. The van der Waals surface area contributed by atoms with Gasteiger partial charge in [0.2, 0.25) is 0 Å². The molecule has 2 saturated heterocycles. The minimum atomic E-state index is -0.249. The number of halogens is 1. The Morgan fingerprint density at radius 3 is 2.19 bits per heavy atom. The van der Waals surface area contributed by atoms with E-state index in [-0.39, 0.29) is 30.7 Å². The average molecular weight is 310 g/mol. The molecule has 0 unspecified atom stereocenters. The van der Waals surface area contributed by atoms with Crippen molar-refractivity contribution in [3.63, 3.8) is 0 Å². The lowest BCUT2D eigenvalue weighted by molar-refractivity contribution is 0.00578. The minimum Gasteiger partial charge on any atom is -0.403 e. The Labute approximate surface area is 134 Å². The summed E-state index contributed by atoms with van der Waals surface area (Å²) in [7, 11) is -0.125. The first-order valence-electron chi connectivity index (χ1n) is 7.55. The van der Waals surface area contributed by atoms with Crippen LogP contribution in [0.25, 0.3) is 0 Å². The van der Waals surface area contributed by atoms with Gasteiger partial charge in [-0.3, -0.25) is 0 Å². The second-order valence-corrected chi connectivity index (χ2v) is 6.92. The molecule has 0 radical (unpaired) electrons. The third-order valence-electron chi connectivity index (χ3n) is 5.05. The molecule has 1 aromatic carbocycles. The van der Waals surface area contributed by atoms with Crippen molar-refractivity contribution in [3.8, 4) is 0 Å². The molecule has 2 aliphatic heterocycles. The molecular formula is C16H25BClNO2. The van der Waals surface area contributed by atoms with Crippen molar-refractivity contribution in [1.29, 1.82) is 0 Å². The maximum Gasteiger partial charge on any atom is 0.463 e. The van der Waals surface area contributed by atoms with Crippen LogP contribution in [0.4, 0.5) is 0 Å². The number of rotatable bonds is 2. The van der Waals surface area contributed by atoms with E-state index >= 15 is 0 Å². The first-order chi connectivity index (χ1) is 9.41. The van der Waals surface area contributed by atoms with E-state index in [9.17, 15) is 0 Å². The third kappa shape index (κ3) is 3.00. The Morgan fingerprint density at radius 1 is 1.05 bits per heavy atom. The average Bonchev–Trinajstić information content (AvgIpc) is 2.94. The van der Waals surface area contributed by atoms with Gasteiger partial charge in [-0.05, 0) is 46.2 Å². The highest BCUT2D eigenvalue weighted by Gasteiger charge is 2.55. The van der Waals surface area contributed by atoms with Gasteiger partial charge in [0.1, 0.15) is 0 Å². The highest BCUT2D eigenvalue weighted by molar-refractivity contribution is 6.47. The normalized spacial score (nSPS) is 30.2. The van der Waals surface area contributed by atoms with Crippen LogP contribution in [0.15, 0.2) is 30.3 Å². The Balaban J connectivity index is 0.00000161. The fourth-order valence-corrected chi connectivity index (χ4v) is 3.11. The maximum atomic E-state index is 6.24. The summed E-state index contributed by atoms with van der Waals surface area (Å²) < 4.78 is 12.5. The van der Waals surface area contributed by atoms with Gasteiger partial charge in [-0.2, -0.15) is 0 Å². The van der Waals surface area contributed by atoms with Crippen LogP contribution >= 0.6 is 12.4 Å². The smallest absolute Gasteiger partial charge is 0.403 e. The van der Waals surface area contributed by atoms with Gasteiger partial charge in [-0.25, -0.2) is 0 Å². The van der Waals surface area contributed by atoms with Gasteiger partial charge in [-0.1, -0.05) is 30.3 Å². The summed E-state index contributed by atoms with van der Waals surface area (Å²) in [4.78, 5) is 0. The van der Waals surface area contributed by atoms with Crippen LogP contribution in [0, 0.1) is 0 Å². The molecule has 3 rings (SSSR count). The van der Waals surface area contributed by atoms with Crippen molar-refractivity contribution in [2.75, 3.05) is 6.54 Å². The highest BCUT2D eigenvalue weighted by Crippen LogP contribution is 2.46. The van der Waals surface area contributed by atoms with Gasteiger partial charge in [0, 0.05) is 11.9 Å². The van der Waals surface area contributed by atoms with Crippen molar-refractivity contribution in [1.82, 2.24) is 5.32 Å².